The molecule has 98 valence electrons. The summed E-state index contributed by atoms with van der Waals surface area (Å²) in [5, 5.41) is 10.3. The molecule has 3 N–H and O–H groups in total. The minimum atomic E-state index is -0.647. The Morgan fingerprint density at radius 2 is 1.82 bits per heavy atom. The lowest BCUT2D eigenvalue weighted by atomic mass is 9.75. The standard InChI is InChI=1S/C13H24N2O2/c1-15(10-13(17)7-2-3-8-13)11(16)9-12(14)5-4-6-12/h17H,2-10,14H2,1H3. The minimum Gasteiger partial charge on any atom is -0.388 e. The summed E-state index contributed by atoms with van der Waals surface area (Å²) in [6.07, 6.45) is 7.25. The van der Waals surface area contributed by atoms with Crippen LogP contribution in [0.4, 0.5) is 0 Å². The zero-order valence-electron chi connectivity index (χ0n) is 10.7. The Bertz CT molecular complexity index is 294. The second kappa shape index (κ2) is 4.58. The number of carbonyl (C=O) groups excluding carboxylic acids is 1. The van der Waals surface area contributed by atoms with Crippen LogP contribution in [0.25, 0.3) is 0 Å². The number of nitrogens with zero attached hydrogens (tertiary/aromatic N) is 1. The van der Waals surface area contributed by atoms with Crippen LogP contribution in [-0.4, -0.2) is 40.6 Å². The molecular weight excluding hydrogens is 216 g/mol. The summed E-state index contributed by atoms with van der Waals surface area (Å²) in [4.78, 5) is 13.7. The lowest BCUT2D eigenvalue weighted by Gasteiger charge is -2.39. The van der Waals surface area contributed by atoms with Crippen molar-refractivity contribution in [3.8, 4) is 0 Å². The maximum absolute atomic E-state index is 12.0. The van der Waals surface area contributed by atoms with Gasteiger partial charge in [0.2, 0.25) is 5.91 Å². The number of likely N-dealkylation sites (N-methyl/N-ethyl adjacent to an activating group) is 1. The highest BCUT2D eigenvalue weighted by molar-refractivity contribution is 5.77. The molecule has 2 fully saturated rings. The van der Waals surface area contributed by atoms with E-state index in [1.54, 1.807) is 11.9 Å². The SMILES string of the molecule is CN(CC1(O)CCCC1)C(=O)CC1(N)CCC1. The molecular formula is C13H24N2O2. The quantitative estimate of drug-likeness (QED) is 0.771. The summed E-state index contributed by atoms with van der Waals surface area (Å²) in [5.74, 6) is 0.0764. The number of hydrogen-bond acceptors (Lipinski definition) is 3. The molecule has 2 aliphatic rings. The van der Waals surface area contributed by atoms with Crippen LogP contribution in [0.3, 0.4) is 0 Å². The Balaban J connectivity index is 1.82. The minimum absolute atomic E-state index is 0.0764. The highest BCUT2D eigenvalue weighted by Crippen LogP contribution is 2.33. The van der Waals surface area contributed by atoms with Crippen molar-refractivity contribution in [3.63, 3.8) is 0 Å². The van der Waals surface area contributed by atoms with E-state index in [2.05, 4.69) is 0 Å². The van der Waals surface area contributed by atoms with Crippen molar-refractivity contribution in [1.82, 2.24) is 4.90 Å². The molecule has 4 heteroatoms. The fourth-order valence-corrected chi connectivity index (χ4v) is 2.96. The van der Waals surface area contributed by atoms with Crippen molar-refractivity contribution in [2.24, 2.45) is 5.73 Å². The van der Waals surface area contributed by atoms with Gasteiger partial charge in [-0.05, 0) is 32.1 Å². The number of aliphatic hydroxyl groups is 1. The number of hydrogen-bond donors (Lipinski definition) is 2. The van der Waals surface area contributed by atoms with Gasteiger partial charge in [-0.25, -0.2) is 0 Å². The van der Waals surface area contributed by atoms with Crippen LogP contribution in [0.5, 0.6) is 0 Å². The van der Waals surface area contributed by atoms with E-state index in [4.69, 9.17) is 5.73 Å². The fraction of sp³-hybridized carbons (Fsp3) is 0.923. The van der Waals surface area contributed by atoms with Gasteiger partial charge in [0.15, 0.2) is 0 Å². The molecule has 4 nitrogen and oxygen atoms in total. The highest BCUT2D eigenvalue weighted by Gasteiger charge is 2.38. The lowest BCUT2D eigenvalue weighted by molar-refractivity contribution is -0.135. The van der Waals surface area contributed by atoms with Gasteiger partial charge >= 0.3 is 0 Å². The van der Waals surface area contributed by atoms with E-state index in [0.29, 0.717) is 13.0 Å². The van der Waals surface area contributed by atoms with Crippen LogP contribution in [0.2, 0.25) is 0 Å². The van der Waals surface area contributed by atoms with Crippen molar-refractivity contribution in [2.45, 2.75) is 62.5 Å². The average Bonchev–Trinajstić information content (AvgIpc) is 2.62. The molecule has 0 atom stereocenters. The summed E-state index contributed by atoms with van der Waals surface area (Å²) in [6, 6.07) is 0. The first-order valence-electron chi connectivity index (χ1n) is 6.68. The van der Waals surface area contributed by atoms with Crippen LogP contribution < -0.4 is 5.73 Å². The van der Waals surface area contributed by atoms with E-state index in [9.17, 15) is 9.90 Å². The van der Waals surface area contributed by atoms with Gasteiger partial charge in [0.25, 0.3) is 0 Å². The van der Waals surface area contributed by atoms with Gasteiger partial charge in [0.1, 0.15) is 0 Å². The first-order chi connectivity index (χ1) is 7.93. The molecule has 0 spiro atoms. The van der Waals surface area contributed by atoms with Crippen molar-refractivity contribution in [1.29, 1.82) is 0 Å². The molecule has 0 aromatic carbocycles. The second-order valence-corrected chi connectivity index (χ2v) is 6.07. The Hall–Kier alpha value is -0.610. The lowest BCUT2D eigenvalue weighted by Crippen LogP contribution is -2.51. The number of amides is 1. The summed E-state index contributed by atoms with van der Waals surface area (Å²) in [5.41, 5.74) is 5.17. The Labute approximate surface area is 103 Å². The molecule has 0 aromatic rings. The van der Waals surface area contributed by atoms with E-state index in [0.717, 1.165) is 44.9 Å². The third-order valence-electron chi connectivity index (χ3n) is 4.34. The third kappa shape index (κ3) is 2.99. The molecule has 0 radical (unpaired) electrons. The Morgan fingerprint density at radius 1 is 1.24 bits per heavy atom. The third-order valence-corrected chi connectivity index (χ3v) is 4.34. The smallest absolute Gasteiger partial charge is 0.224 e. The molecule has 0 saturated heterocycles. The first-order valence-corrected chi connectivity index (χ1v) is 6.68. The van der Waals surface area contributed by atoms with Gasteiger partial charge in [-0.15, -0.1) is 0 Å². The number of carbonyl (C=O) groups is 1. The van der Waals surface area contributed by atoms with E-state index in [-0.39, 0.29) is 11.4 Å². The zero-order valence-corrected chi connectivity index (χ0v) is 10.7. The van der Waals surface area contributed by atoms with Gasteiger partial charge in [-0.3, -0.25) is 4.79 Å². The van der Waals surface area contributed by atoms with E-state index in [1.165, 1.54) is 0 Å². The topological polar surface area (TPSA) is 66.6 Å². The summed E-state index contributed by atoms with van der Waals surface area (Å²) in [7, 11) is 1.78. The highest BCUT2D eigenvalue weighted by atomic mass is 16.3. The molecule has 17 heavy (non-hydrogen) atoms. The van der Waals surface area contributed by atoms with Crippen LogP contribution in [0.1, 0.15) is 51.4 Å². The van der Waals surface area contributed by atoms with Crippen molar-refractivity contribution in [3.05, 3.63) is 0 Å². The van der Waals surface area contributed by atoms with Gasteiger partial charge in [0, 0.05) is 25.6 Å². The van der Waals surface area contributed by atoms with Crippen LogP contribution in [0.15, 0.2) is 0 Å². The fourth-order valence-electron chi connectivity index (χ4n) is 2.96. The molecule has 0 aliphatic heterocycles. The Kier molecular flexibility index (Phi) is 3.46. The van der Waals surface area contributed by atoms with Crippen molar-refractivity contribution in [2.75, 3.05) is 13.6 Å². The van der Waals surface area contributed by atoms with Crippen LogP contribution in [-0.2, 0) is 4.79 Å². The van der Waals surface area contributed by atoms with E-state index in [1.807, 2.05) is 0 Å². The van der Waals surface area contributed by atoms with E-state index >= 15 is 0 Å². The Morgan fingerprint density at radius 3 is 2.29 bits per heavy atom. The maximum atomic E-state index is 12.0. The normalized spacial score (nSPS) is 25.4. The molecule has 2 aliphatic carbocycles. The zero-order chi connectivity index (χ0) is 12.5. The molecule has 2 rings (SSSR count). The molecule has 2 saturated carbocycles. The van der Waals surface area contributed by atoms with E-state index < -0.39 is 5.60 Å². The average molecular weight is 240 g/mol. The van der Waals surface area contributed by atoms with Crippen molar-refractivity contribution >= 4 is 5.91 Å². The van der Waals surface area contributed by atoms with Gasteiger partial charge in [-0.2, -0.15) is 0 Å². The predicted octanol–water partition coefficient (Wildman–Crippen LogP) is 1.02. The largest absolute Gasteiger partial charge is 0.388 e. The van der Waals surface area contributed by atoms with Crippen LogP contribution >= 0.6 is 0 Å². The molecule has 0 heterocycles. The van der Waals surface area contributed by atoms with Crippen LogP contribution in [0, 0.1) is 0 Å². The van der Waals surface area contributed by atoms with Crippen molar-refractivity contribution < 1.29 is 9.90 Å². The van der Waals surface area contributed by atoms with Gasteiger partial charge < -0.3 is 15.7 Å². The molecule has 1 amide bonds. The monoisotopic (exact) mass is 240 g/mol. The summed E-state index contributed by atoms with van der Waals surface area (Å²) in [6.45, 7) is 0.460. The first kappa shape index (κ1) is 12.8. The second-order valence-electron chi connectivity index (χ2n) is 6.07. The molecule has 0 bridgehead atoms. The summed E-state index contributed by atoms with van der Waals surface area (Å²) < 4.78 is 0. The van der Waals surface area contributed by atoms with Gasteiger partial charge in [-0.1, -0.05) is 12.8 Å². The number of rotatable bonds is 4. The predicted molar refractivity (Wildman–Crippen MR) is 66.4 cm³/mol. The molecule has 0 aromatic heterocycles. The number of nitrogens with two attached hydrogens (primary N) is 1. The van der Waals surface area contributed by atoms with Gasteiger partial charge in [0.05, 0.1) is 5.60 Å². The maximum Gasteiger partial charge on any atom is 0.224 e. The molecule has 0 unspecified atom stereocenters. The summed E-state index contributed by atoms with van der Waals surface area (Å²) >= 11 is 0.